The number of phenols is 1. The van der Waals surface area contributed by atoms with Crippen LogP contribution < -0.4 is 5.43 Å². The third-order valence-corrected chi connectivity index (χ3v) is 3.17. The van der Waals surface area contributed by atoms with Crippen LogP contribution in [0.25, 0.3) is 5.65 Å². The topological polar surface area (TPSA) is 79.0 Å². The van der Waals surface area contributed by atoms with Gasteiger partial charge < -0.3 is 5.11 Å². The first-order valence-corrected chi connectivity index (χ1v) is 6.71. The molecule has 6 nitrogen and oxygen atoms in total. The van der Waals surface area contributed by atoms with E-state index in [1.807, 2.05) is 18.2 Å². The van der Waals surface area contributed by atoms with Gasteiger partial charge in [0.1, 0.15) is 17.1 Å². The van der Waals surface area contributed by atoms with E-state index in [1.54, 1.807) is 41.8 Å². The zero-order valence-electron chi connectivity index (χ0n) is 11.9. The van der Waals surface area contributed by atoms with Crippen LogP contribution in [-0.4, -0.2) is 26.6 Å². The van der Waals surface area contributed by atoms with E-state index in [0.29, 0.717) is 22.6 Å². The number of nitrogens with zero attached hydrogens (tertiary/aromatic N) is 3. The van der Waals surface area contributed by atoms with Crippen molar-refractivity contribution < 1.29 is 9.90 Å². The summed E-state index contributed by atoms with van der Waals surface area (Å²) >= 11 is 0. The number of carbonyl (C=O) groups is 1. The van der Waals surface area contributed by atoms with Gasteiger partial charge in [-0.15, -0.1) is 0 Å². The van der Waals surface area contributed by atoms with Crippen molar-refractivity contribution in [1.29, 1.82) is 0 Å². The molecule has 3 rings (SSSR count). The Bertz CT molecular complexity index is 867. The summed E-state index contributed by atoms with van der Waals surface area (Å²) in [4.78, 5) is 16.6. The average Bonchev–Trinajstić information content (AvgIpc) is 2.83. The fraction of sp³-hybridized carbons (Fsp3) is 0.0625. The molecule has 0 atom stereocenters. The molecule has 0 bridgehead atoms. The number of fused-ring (bicyclic) bond motifs is 1. The van der Waals surface area contributed by atoms with E-state index in [0.717, 1.165) is 0 Å². The number of pyridine rings is 1. The van der Waals surface area contributed by atoms with Crippen molar-refractivity contribution in [2.24, 2.45) is 5.10 Å². The number of hydrazone groups is 1. The zero-order chi connectivity index (χ0) is 15.5. The maximum atomic E-state index is 12.3. The molecule has 2 N–H and O–H groups in total. The number of aromatic hydroxyl groups is 1. The summed E-state index contributed by atoms with van der Waals surface area (Å²) in [5.41, 5.74) is 4.96. The molecule has 22 heavy (non-hydrogen) atoms. The molecule has 0 aliphatic heterocycles. The Morgan fingerprint density at radius 1 is 1.32 bits per heavy atom. The Morgan fingerprint density at radius 2 is 2.18 bits per heavy atom. The highest BCUT2D eigenvalue weighted by Gasteiger charge is 2.15. The number of hydrogen-bond acceptors (Lipinski definition) is 4. The summed E-state index contributed by atoms with van der Waals surface area (Å²) in [5.74, 6) is -0.194. The summed E-state index contributed by atoms with van der Waals surface area (Å²) in [6.07, 6.45) is 3.25. The fourth-order valence-electron chi connectivity index (χ4n) is 2.21. The van der Waals surface area contributed by atoms with E-state index in [-0.39, 0.29) is 11.7 Å². The van der Waals surface area contributed by atoms with Crippen molar-refractivity contribution in [2.75, 3.05) is 0 Å². The lowest BCUT2D eigenvalue weighted by molar-refractivity contribution is 0.0948. The molecule has 6 heteroatoms. The van der Waals surface area contributed by atoms with Crippen molar-refractivity contribution in [2.45, 2.75) is 6.92 Å². The summed E-state index contributed by atoms with van der Waals surface area (Å²) in [6, 6.07) is 12.1. The average molecular weight is 294 g/mol. The predicted molar refractivity (Wildman–Crippen MR) is 83.1 cm³/mol. The number of aryl methyl sites for hydroxylation is 1. The number of benzene rings is 1. The second-order valence-corrected chi connectivity index (χ2v) is 4.77. The van der Waals surface area contributed by atoms with Gasteiger partial charge in [0.2, 0.25) is 0 Å². The summed E-state index contributed by atoms with van der Waals surface area (Å²) in [6.45, 7) is 1.78. The quantitative estimate of drug-likeness (QED) is 0.573. The second-order valence-electron chi connectivity index (χ2n) is 4.77. The summed E-state index contributed by atoms with van der Waals surface area (Å²) in [7, 11) is 0. The Kier molecular flexibility index (Phi) is 3.57. The maximum Gasteiger partial charge on any atom is 0.290 e. The van der Waals surface area contributed by atoms with Crippen LogP contribution in [0, 0.1) is 6.92 Å². The smallest absolute Gasteiger partial charge is 0.290 e. The minimum absolute atomic E-state index is 0.146. The van der Waals surface area contributed by atoms with Gasteiger partial charge in [-0.1, -0.05) is 18.2 Å². The van der Waals surface area contributed by atoms with Crippen LogP contribution in [0.5, 0.6) is 5.75 Å². The number of imidazole rings is 1. The van der Waals surface area contributed by atoms with Crippen LogP contribution in [0.2, 0.25) is 0 Å². The molecule has 1 amide bonds. The van der Waals surface area contributed by atoms with Crippen LogP contribution in [-0.2, 0) is 0 Å². The van der Waals surface area contributed by atoms with Gasteiger partial charge in [0, 0.05) is 6.20 Å². The first-order valence-electron chi connectivity index (χ1n) is 6.71. The van der Waals surface area contributed by atoms with E-state index in [1.165, 1.54) is 6.21 Å². The van der Waals surface area contributed by atoms with Crippen LogP contribution in [0.4, 0.5) is 0 Å². The maximum absolute atomic E-state index is 12.3. The van der Waals surface area contributed by atoms with Crippen LogP contribution in [0.15, 0.2) is 53.8 Å². The SMILES string of the molecule is Cc1nc2ccccn2c1C(=O)N/N=C/c1cccc(O)c1. The van der Waals surface area contributed by atoms with E-state index >= 15 is 0 Å². The fourth-order valence-corrected chi connectivity index (χ4v) is 2.21. The predicted octanol–water partition coefficient (Wildman–Crippen LogP) is 2.11. The third-order valence-electron chi connectivity index (χ3n) is 3.17. The lowest BCUT2D eigenvalue weighted by Gasteiger charge is -2.01. The standard InChI is InChI=1S/C16H14N4O2/c1-11-15(20-8-3-2-7-14(20)18-11)16(22)19-17-10-12-5-4-6-13(21)9-12/h2-10,21H,1H3,(H,19,22)/b17-10+. The van der Waals surface area contributed by atoms with Gasteiger partial charge in [0.15, 0.2) is 0 Å². The molecule has 3 aromatic rings. The minimum Gasteiger partial charge on any atom is -0.508 e. The van der Waals surface area contributed by atoms with E-state index in [2.05, 4.69) is 15.5 Å². The number of amides is 1. The molecule has 2 aromatic heterocycles. The number of phenolic OH excluding ortho intramolecular Hbond substituents is 1. The Balaban J connectivity index is 1.81. The Morgan fingerprint density at radius 3 is 3.00 bits per heavy atom. The van der Waals surface area contributed by atoms with Crippen LogP contribution in [0.3, 0.4) is 0 Å². The first kappa shape index (κ1) is 13.8. The molecular weight excluding hydrogens is 280 g/mol. The molecule has 0 spiro atoms. The zero-order valence-corrected chi connectivity index (χ0v) is 11.9. The van der Waals surface area contributed by atoms with Crippen molar-refractivity contribution in [3.05, 3.63) is 65.6 Å². The van der Waals surface area contributed by atoms with Gasteiger partial charge in [-0.05, 0) is 36.8 Å². The molecule has 0 aliphatic carbocycles. The number of hydrogen-bond donors (Lipinski definition) is 2. The monoisotopic (exact) mass is 294 g/mol. The molecule has 0 unspecified atom stereocenters. The van der Waals surface area contributed by atoms with E-state index < -0.39 is 0 Å². The molecule has 0 radical (unpaired) electrons. The molecule has 0 saturated heterocycles. The van der Waals surface area contributed by atoms with Crippen LogP contribution in [0.1, 0.15) is 21.7 Å². The molecular formula is C16H14N4O2. The molecule has 0 fully saturated rings. The number of aromatic nitrogens is 2. The number of carbonyl (C=O) groups excluding carboxylic acids is 1. The molecule has 0 aliphatic rings. The number of nitrogens with one attached hydrogen (secondary N) is 1. The van der Waals surface area contributed by atoms with Crippen molar-refractivity contribution in [3.63, 3.8) is 0 Å². The van der Waals surface area contributed by atoms with Crippen molar-refractivity contribution in [1.82, 2.24) is 14.8 Å². The van der Waals surface area contributed by atoms with Gasteiger partial charge in [0.25, 0.3) is 5.91 Å². The van der Waals surface area contributed by atoms with Gasteiger partial charge in [-0.2, -0.15) is 5.10 Å². The van der Waals surface area contributed by atoms with Crippen molar-refractivity contribution >= 4 is 17.8 Å². The van der Waals surface area contributed by atoms with Gasteiger partial charge in [-0.25, -0.2) is 10.4 Å². The largest absolute Gasteiger partial charge is 0.508 e. The third kappa shape index (κ3) is 2.67. The minimum atomic E-state index is -0.340. The van der Waals surface area contributed by atoms with Crippen molar-refractivity contribution in [3.8, 4) is 5.75 Å². The summed E-state index contributed by atoms with van der Waals surface area (Å²) in [5, 5.41) is 13.3. The Labute approximate surface area is 126 Å². The molecule has 110 valence electrons. The first-order chi connectivity index (χ1) is 10.6. The van der Waals surface area contributed by atoms with Gasteiger partial charge >= 0.3 is 0 Å². The highest BCUT2D eigenvalue weighted by atomic mass is 16.3. The molecule has 2 heterocycles. The summed E-state index contributed by atoms with van der Waals surface area (Å²) < 4.78 is 1.72. The van der Waals surface area contributed by atoms with E-state index in [9.17, 15) is 9.90 Å². The number of rotatable bonds is 3. The lowest BCUT2D eigenvalue weighted by Crippen LogP contribution is -2.20. The van der Waals surface area contributed by atoms with Crippen LogP contribution >= 0.6 is 0 Å². The highest BCUT2D eigenvalue weighted by Crippen LogP contribution is 2.11. The second kappa shape index (κ2) is 5.69. The lowest BCUT2D eigenvalue weighted by atomic mass is 10.2. The molecule has 1 aromatic carbocycles. The van der Waals surface area contributed by atoms with Gasteiger partial charge in [0.05, 0.1) is 11.9 Å². The van der Waals surface area contributed by atoms with E-state index in [4.69, 9.17) is 0 Å². The molecule has 0 saturated carbocycles. The highest BCUT2D eigenvalue weighted by molar-refractivity contribution is 5.95. The normalized spacial score (nSPS) is 11.1. The Hall–Kier alpha value is -3.15. The van der Waals surface area contributed by atoms with Gasteiger partial charge in [-0.3, -0.25) is 9.20 Å².